The Balaban J connectivity index is 2.47. The van der Waals surface area contributed by atoms with Crippen LogP contribution in [0.3, 0.4) is 0 Å². The second-order valence-electron chi connectivity index (χ2n) is 6.11. The van der Waals surface area contributed by atoms with Crippen molar-refractivity contribution in [3.05, 3.63) is 70.3 Å². The molecule has 0 aliphatic heterocycles. The summed E-state index contributed by atoms with van der Waals surface area (Å²) in [5, 5.41) is 4.33. The quantitative estimate of drug-likeness (QED) is 0.547. The first-order chi connectivity index (χ1) is 12.0. The van der Waals surface area contributed by atoms with Crippen LogP contribution in [-0.2, 0) is 11.2 Å². The fraction of sp³-hybridized carbons (Fsp3) is 0.364. The second-order valence-corrected chi connectivity index (χ2v) is 6.54. The zero-order valence-electron chi connectivity index (χ0n) is 15.7. The molecule has 0 fully saturated rings. The summed E-state index contributed by atoms with van der Waals surface area (Å²) in [7, 11) is 0. The molecule has 2 aromatic carbocycles. The van der Waals surface area contributed by atoms with E-state index in [9.17, 15) is 0 Å². The molecule has 0 radical (unpaired) electrons. The van der Waals surface area contributed by atoms with Crippen LogP contribution in [0.1, 0.15) is 49.4 Å². The zero-order chi connectivity index (χ0) is 18.4. The molecule has 0 heterocycles. The number of anilines is 1. The lowest BCUT2D eigenvalue weighted by atomic mass is 9.92. The van der Waals surface area contributed by atoms with E-state index in [-0.39, 0.29) is 6.23 Å². The van der Waals surface area contributed by atoms with Gasteiger partial charge in [-0.2, -0.15) is 0 Å². The van der Waals surface area contributed by atoms with E-state index in [1.54, 1.807) is 0 Å². The zero-order valence-corrected chi connectivity index (χ0v) is 16.4. The number of hydrogen-bond donors (Lipinski definition) is 1. The summed E-state index contributed by atoms with van der Waals surface area (Å²) in [5.74, 6) is 0. The molecule has 2 nitrogen and oxygen atoms in total. The Morgan fingerprint density at radius 3 is 2.36 bits per heavy atom. The van der Waals surface area contributed by atoms with Crippen molar-refractivity contribution in [2.75, 3.05) is 11.9 Å². The molecular weight excluding hydrogens is 330 g/mol. The van der Waals surface area contributed by atoms with E-state index in [0.717, 1.165) is 40.3 Å². The largest absolute Gasteiger partial charge is 0.359 e. The van der Waals surface area contributed by atoms with Gasteiger partial charge < -0.3 is 10.1 Å². The van der Waals surface area contributed by atoms with E-state index >= 15 is 0 Å². The predicted molar refractivity (Wildman–Crippen MR) is 109 cm³/mol. The van der Waals surface area contributed by atoms with E-state index in [2.05, 4.69) is 44.8 Å². The molecule has 0 aliphatic rings. The maximum Gasteiger partial charge on any atom is 0.127 e. The Hall–Kier alpha value is -1.77. The van der Waals surface area contributed by atoms with E-state index in [0.29, 0.717) is 6.61 Å². The Kier molecular flexibility index (Phi) is 7.10. The molecule has 1 N–H and O–H groups in total. The second kappa shape index (κ2) is 9.07. The van der Waals surface area contributed by atoms with Crippen molar-refractivity contribution < 1.29 is 4.74 Å². The molecule has 25 heavy (non-hydrogen) atoms. The number of aryl methyl sites for hydroxylation is 1. The third-order valence-corrected chi connectivity index (χ3v) is 4.77. The lowest BCUT2D eigenvalue weighted by Gasteiger charge is -2.24. The molecule has 134 valence electrons. The van der Waals surface area contributed by atoms with E-state index in [4.69, 9.17) is 16.3 Å². The first-order valence-electron chi connectivity index (χ1n) is 8.97. The molecule has 0 aliphatic carbocycles. The highest BCUT2D eigenvalue weighted by Crippen LogP contribution is 2.34. The van der Waals surface area contributed by atoms with Crippen LogP contribution in [0.5, 0.6) is 0 Å². The highest BCUT2D eigenvalue weighted by molar-refractivity contribution is 6.30. The summed E-state index contributed by atoms with van der Waals surface area (Å²) in [5.41, 5.74) is 6.86. The standard InChI is InChI=1S/C22H28ClNO/c1-6-17-11-14-20(15(4)18-9-12-19(23)13-10-18)22(16(17)5)24-21(7-2)25-8-3/h9-14,21,24H,4,6-8H2,1-3,5H3. The van der Waals surface area contributed by atoms with Gasteiger partial charge in [-0.05, 0) is 61.1 Å². The van der Waals surface area contributed by atoms with Crippen molar-refractivity contribution in [3.8, 4) is 0 Å². The molecule has 0 aromatic heterocycles. The molecule has 1 unspecified atom stereocenters. The molecule has 0 saturated heterocycles. The number of ether oxygens (including phenoxy) is 1. The normalized spacial score (nSPS) is 12.0. The van der Waals surface area contributed by atoms with Gasteiger partial charge in [0.1, 0.15) is 6.23 Å². The van der Waals surface area contributed by atoms with Crippen molar-refractivity contribution >= 4 is 22.9 Å². The first-order valence-corrected chi connectivity index (χ1v) is 9.35. The lowest BCUT2D eigenvalue weighted by Crippen LogP contribution is -2.23. The third kappa shape index (κ3) is 4.65. The highest BCUT2D eigenvalue weighted by atomic mass is 35.5. The smallest absolute Gasteiger partial charge is 0.127 e. The van der Waals surface area contributed by atoms with Gasteiger partial charge in [0.2, 0.25) is 0 Å². The van der Waals surface area contributed by atoms with Gasteiger partial charge in [0.05, 0.1) is 0 Å². The van der Waals surface area contributed by atoms with Crippen LogP contribution in [0.25, 0.3) is 5.57 Å². The van der Waals surface area contributed by atoms with Gasteiger partial charge in [-0.3, -0.25) is 0 Å². The van der Waals surface area contributed by atoms with Crippen LogP contribution in [0.2, 0.25) is 5.02 Å². The van der Waals surface area contributed by atoms with E-state index in [1.165, 1.54) is 11.1 Å². The van der Waals surface area contributed by atoms with Crippen molar-refractivity contribution in [2.24, 2.45) is 0 Å². The minimum Gasteiger partial charge on any atom is -0.359 e. The van der Waals surface area contributed by atoms with Crippen molar-refractivity contribution in [1.82, 2.24) is 0 Å². The molecule has 0 bridgehead atoms. The average Bonchev–Trinajstić information content (AvgIpc) is 2.62. The van der Waals surface area contributed by atoms with Crippen LogP contribution < -0.4 is 5.32 Å². The van der Waals surface area contributed by atoms with Gasteiger partial charge >= 0.3 is 0 Å². The monoisotopic (exact) mass is 357 g/mol. The summed E-state index contributed by atoms with van der Waals surface area (Å²) in [4.78, 5) is 0. The Labute approximate surface area is 156 Å². The number of benzene rings is 2. The Bertz CT molecular complexity index is 722. The molecule has 2 rings (SSSR count). The summed E-state index contributed by atoms with van der Waals surface area (Å²) < 4.78 is 5.82. The molecule has 2 aromatic rings. The first kappa shape index (κ1) is 19.6. The van der Waals surface area contributed by atoms with Crippen LogP contribution in [-0.4, -0.2) is 12.8 Å². The van der Waals surface area contributed by atoms with Crippen molar-refractivity contribution in [3.63, 3.8) is 0 Å². The van der Waals surface area contributed by atoms with Crippen molar-refractivity contribution in [1.29, 1.82) is 0 Å². The lowest BCUT2D eigenvalue weighted by molar-refractivity contribution is 0.0802. The maximum absolute atomic E-state index is 6.02. The summed E-state index contributed by atoms with van der Waals surface area (Å²) in [6.07, 6.45) is 1.89. The molecule has 3 heteroatoms. The maximum atomic E-state index is 6.02. The number of halogens is 1. The van der Waals surface area contributed by atoms with E-state index in [1.807, 2.05) is 31.2 Å². The molecule has 0 amide bonds. The Morgan fingerprint density at radius 1 is 1.12 bits per heavy atom. The summed E-state index contributed by atoms with van der Waals surface area (Å²) >= 11 is 6.02. The van der Waals surface area contributed by atoms with Gasteiger partial charge in [-0.25, -0.2) is 0 Å². The van der Waals surface area contributed by atoms with Gasteiger partial charge in [-0.15, -0.1) is 0 Å². The van der Waals surface area contributed by atoms with Gasteiger partial charge in [0, 0.05) is 22.9 Å². The molecular formula is C22H28ClNO. The Morgan fingerprint density at radius 2 is 1.80 bits per heavy atom. The molecule has 0 saturated carbocycles. The molecule has 1 atom stereocenters. The minimum atomic E-state index is -0.00688. The number of rotatable bonds is 8. The third-order valence-electron chi connectivity index (χ3n) is 4.52. The van der Waals surface area contributed by atoms with Crippen LogP contribution in [0.15, 0.2) is 43.0 Å². The van der Waals surface area contributed by atoms with Crippen LogP contribution >= 0.6 is 11.6 Å². The van der Waals surface area contributed by atoms with E-state index < -0.39 is 0 Å². The number of hydrogen-bond acceptors (Lipinski definition) is 2. The minimum absolute atomic E-state index is 0.00688. The fourth-order valence-corrected chi connectivity index (χ4v) is 3.13. The average molecular weight is 358 g/mol. The fourth-order valence-electron chi connectivity index (χ4n) is 3.01. The van der Waals surface area contributed by atoms with Crippen LogP contribution in [0, 0.1) is 6.92 Å². The van der Waals surface area contributed by atoms with Crippen LogP contribution in [0.4, 0.5) is 5.69 Å². The van der Waals surface area contributed by atoms with Gasteiger partial charge in [0.15, 0.2) is 0 Å². The topological polar surface area (TPSA) is 21.3 Å². The SMILES string of the molecule is C=C(c1ccc(Cl)cc1)c1ccc(CC)c(C)c1NC(CC)OCC. The highest BCUT2D eigenvalue weighted by Gasteiger charge is 2.16. The predicted octanol–water partition coefficient (Wildman–Crippen LogP) is 6.46. The summed E-state index contributed by atoms with van der Waals surface area (Å²) in [6, 6.07) is 12.2. The van der Waals surface area contributed by atoms with Crippen molar-refractivity contribution in [2.45, 2.75) is 46.8 Å². The summed E-state index contributed by atoms with van der Waals surface area (Å²) in [6.45, 7) is 13.5. The molecule has 0 spiro atoms. The van der Waals surface area contributed by atoms with Gasteiger partial charge in [-0.1, -0.05) is 56.3 Å². The number of nitrogens with one attached hydrogen (secondary N) is 1. The van der Waals surface area contributed by atoms with Gasteiger partial charge in [0.25, 0.3) is 0 Å².